The van der Waals surface area contributed by atoms with Crippen LogP contribution in [0, 0.1) is 11.8 Å². The van der Waals surface area contributed by atoms with Crippen molar-refractivity contribution in [2.24, 2.45) is 11.8 Å². The fourth-order valence-electron chi connectivity index (χ4n) is 3.63. The van der Waals surface area contributed by atoms with Crippen molar-refractivity contribution in [2.75, 3.05) is 19.3 Å². The summed E-state index contributed by atoms with van der Waals surface area (Å²) >= 11 is 0. The smallest absolute Gasteiger partial charge is 0.309 e. The number of ether oxygens (including phenoxy) is 1. The third kappa shape index (κ3) is 6.54. The fourth-order valence-corrected chi connectivity index (χ4v) is 4.32. The van der Waals surface area contributed by atoms with Gasteiger partial charge in [-0.3, -0.25) is 13.8 Å². The molecule has 1 aliphatic carbocycles. The highest BCUT2D eigenvalue weighted by atomic mass is 32.2. The lowest BCUT2D eigenvalue weighted by atomic mass is 9.85. The summed E-state index contributed by atoms with van der Waals surface area (Å²) in [5.74, 6) is -0.280. The molecule has 1 saturated carbocycles. The molecule has 0 atom stereocenters. The van der Waals surface area contributed by atoms with E-state index in [-0.39, 0.29) is 29.8 Å². The van der Waals surface area contributed by atoms with Crippen molar-refractivity contribution in [1.29, 1.82) is 0 Å². The Hall–Kier alpha value is -1.15. The molecule has 2 aliphatic rings. The van der Waals surface area contributed by atoms with Gasteiger partial charge in [-0.1, -0.05) is 0 Å². The maximum atomic E-state index is 12.7. The molecule has 2 fully saturated rings. The van der Waals surface area contributed by atoms with Gasteiger partial charge < -0.3 is 9.64 Å². The largest absolute Gasteiger partial charge is 0.460 e. The van der Waals surface area contributed by atoms with Crippen LogP contribution in [0.3, 0.4) is 0 Å². The zero-order chi connectivity index (χ0) is 19.5. The molecule has 0 N–H and O–H groups in total. The summed E-state index contributed by atoms with van der Waals surface area (Å²) in [6.07, 6.45) is 4.46. The Kier molecular flexibility index (Phi) is 6.71. The van der Waals surface area contributed by atoms with E-state index in [0.29, 0.717) is 51.6 Å². The third-order valence-corrected chi connectivity index (χ3v) is 5.50. The number of esters is 1. The van der Waals surface area contributed by atoms with E-state index in [1.54, 1.807) is 0 Å². The van der Waals surface area contributed by atoms with Gasteiger partial charge >= 0.3 is 5.97 Å². The maximum absolute atomic E-state index is 12.7. The van der Waals surface area contributed by atoms with Gasteiger partial charge in [0.2, 0.25) is 5.91 Å². The normalized spacial score (nSPS) is 25.8. The van der Waals surface area contributed by atoms with Crippen LogP contribution in [0.5, 0.6) is 0 Å². The molecule has 0 bridgehead atoms. The Labute approximate surface area is 156 Å². The molecule has 0 unspecified atom stereocenters. The summed E-state index contributed by atoms with van der Waals surface area (Å²) in [4.78, 5) is 26.7. The van der Waals surface area contributed by atoms with Crippen LogP contribution < -0.4 is 0 Å². The summed E-state index contributed by atoms with van der Waals surface area (Å²) in [5, 5.41) is 0. The average molecular weight is 390 g/mol. The number of rotatable bonds is 4. The van der Waals surface area contributed by atoms with Gasteiger partial charge in [0.25, 0.3) is 10.1 Å². The van der Waals surface area contributed by atoms with Gasteiger partial charge in [0, 0.05) is 19.0 Å². The molecule has 26 heavy (non-hydrogen) atoms. The van der Waals surface area contributed by atoms with Gasteiger partial charge in [-0.2, -0.15) is 8.42 Å². The molecular formula is C18H31NO6S. The lowest BCUT2D eigenvalue weighted by Gasteiger charge is -2.36. The topological polar surface area (TPSA) is 90.0 Å². The van der Waals surface area contributed by atoms with Crippen LogP contribution in [-0.2, 0) is 28.6 Å². The van der Waals surface area contributed by atoms with Crippen LogP contribution in [0.25, 0.3) is 0 Å². The number of amides is 1. The highest BCUT2D eigenvalue weighted by molar-refractivity contribution is 7.86. The zero-order valence-electron chi connectivity index (χ0n) is 16.2. The van der Waals surface area contributed by atoms with E-state index in [1.165, 1.54) is 0 Å². The standard InChI is InChI=1S/C18H31NO6S/c1-18(2,3)24-17(21)14-9-11-19(12-10-14)16(20)13-5-7-15(8-6-13)25-26(4,22)23/h13-15H,5-12H2,1-4H3. The molecule has 1 amide bonds. The number of hydrogen-bond acceptors (Lipinski definition) is 6. The van der Waals surface area contributed by atoms with E-state index in [2.05, 4.69) is 0 Å². The highest BCUT2D eigenvalue weighted by Crippen LogP contribution is 2.30. The Balaban J connectivity index is 1.78. The van der Waals surface area contributed by atoms with Crippen molar-refractivity contribution < 1.29 is 26.9 Å². The van der Waals surface area contributed by atoms with E-state index in [0.717, 1.165) is 6.26 Å². The van der Waals surface area contributed by atoms with Crippen LogP contribution in [0.15, 0.2) is 0 Å². The first-order chi connectivity index (χ1) is 11.9. The molecule has 1 saturated heterocycles. The highest BCUT2D eigenvalue weighted by Gasteiger charge is 2.35. The van der Waals surface area contributed by atoms with Crippen LogP contribution >= 0.6 is 0 Å². The second-order valence-corrected chi connectivity index (χ2v) is 10.0. The Morgan fingerprint density at radius 3 is 1.92 bits per heavy atom. The van der Waals surface area contributed by atoms with Crippen molar-refractivity contribution in [3.05, 3.63) is 0 Å². The minimum atomic E-state index is -3.45. The van der Waals surface area contributed by atoms with Crippen LogP contribution in [-0.4, -0.2) is 56.2 Å². The van der Waals surface area contributed by atoms with Gasteiger partial charge in [0.1, 0.15) is 5.60 Å². The number of nitrogens with zero attached hydrogens (tertiary/aromatic N) is 1. The molecule has 0 aromatic rings. The Morgan fingerprint density at radius 1 is 0.923 bits per heavy atom. The number of likely N-dealkylation sites (tertiary alicyclic amines) is 1. The van der Waals surface area contributed by atoms with E-state index < -0.39 is 15.7 Å². The fraction of sp³-hybridized carbons (Fsp3) is 0.889. The summed E-state index contributed by atoms with van der Waals surface area (Å²) < 4.78 is 32.9. The molecule has 8 heteroatoms. The monoisotopic (exact) mass is 389 g/mol. The average Bonchev–Trinajstić information content (AvgIpc) is 2.52. The SMILES string of the molecule is CC(C)(C)OC(=O)C1CCN(C(=O)C2CCC(OS(C)(=O)=O)CC2)CC1. The van der Waals surface area contributed by atoms with Crippen molar-refractivity contribution >= 4 is 22.0 Å². The van der Waals surface area contributed by atoms with E-state index in [9.17, 15) is 18.0 Å². The number of piperidine rings is 1. The second kappa shape index (κ2) is 8.25. The molecule has 7 nitrogen and oxygen atoms in total. The summed E-state index contributed by atoms with van der Waals surface area (Å²) in [5.41, 5.74) is -0.489. The van der Waals surface area contributed by atoms with Crippen molar-refractivity contribution in [2.45, 2.75) is 71.0 Å². The summed E-state index contributed by atoms with van der Waals surface area (Å²) in [6.45, 7) is 6.71. The van der Waals surface area contributed by atoms with Crippen molar-refractivity contribution in [1.82, 2.24) is 4.90 Å². The first-order valence-electron chi connectivity index (χ1n) is 9.34. The summed E-state index contributed by atoms with van der Waals surface area (Å²) in [6, 6.07) is 0. The minimum Gasteiger partial charge on any atom is -0.460 e. The molecule has 0 aromatic carbocycles. The van der Waals surface area contributed by atoms with Crippen LogP contribution in [0.4, 0.5) is 0 Å². The van der Waals surface area contributed by atoms with E-state index in [1.807, 2.05) is 25.7 Å². The molecule has 0 spiro atoms. The molecule has 2 rings (SSSR count). The van der Waals surface area contributed by atoms with E-state index >= 15 is 0 Å². The molecular weight excluding hydrogens is 358 g/mol. The van der Waals surface area contributed by atoms with Crippen molar-refractivity contribution in [3.8, 4) is 0 Å². The van der Waals surface area contributed by atoms with Crippen LogP contribution in [0.1, 0.15) is 59.3 Å². The Morgan fingerprint density at radius 2 is 1.46 bits per heavy atom. The van der Waals surface area contributed by atoms with Crippen molar-refractivity contribution in [3.63, 3.8) is 0 Å². The second-order valence-electron chi connectivity index (χ2n) is 8.41. The van der Waals surface area contributed by atoms with Crippen LogP contribution in [0.2, 0.25) is 0 Å². The Bertz CT molecular complexity index is 608. The van der Waals surface area contributed by atoms with Gasteiger partial charge in [-0.05, 0) is 59.3 Å². The predicted molar refractivity (Wildman–Crippen MR) is 96.8 cm³/mol. The minimum absolute atomic E-state index is 0.0764. The summed E-state index contributed by atoms with van der Waals surface area (Å²) in [7, 11) is -3.45. The molecule has 0 radical (unpaired) electrons. The first kappa shape index (κ1) is 21.2. The molecule has 1 aliphatic heterocycles. The molecule has 0 aromatic heterocycles. The zero-order valence-corrected chi connectivity index (χ0v) is 17.0. The van der Waals surface area contributed by atoms with Gasteiger partial charge in [0.15, 0.2) is 0 Å². The maximum Gasteiger partial charge on any atom is 0.309 e. The molecule has 150 valence electrons. The van der Waals surface area contributed by atoms with Gasteiger partial charge in [-0.15, -0.1) is 0 Å². The number of carbonyl (C=O) groups is 2. The predicted octanol–water partition coefficient (Wildman–Crippen LogP) is 2.10. The lowest BCUT2D eigenvalue weighted by Crippen LogP contribution is -2.45. The lowest BCUT2D eigenvalue weighted by molar-refractivity contribution is -0.162. The quantitative estimate of drug-likeness (QED) is 0.540. The number of hydrogen-bond donors (Lipinski definition) is 0. The van der Waals surface area contributed by atoms with Gasteiger partial charge in [0.05, 0.1) is 18.3 Å². The molecule has 1 heterocycles. The number of carbonyl (C=O) groups excluding carboxylic acids is 2. The first-order valence-corrected chi connectivity index (χ1v) is 11.2. The van der Waals surface area contributed by atoms with E-state index in [4.69, 9.17) is 8.92 Å². The van der Waals surface area contributed by atoms with Gasteiger partial charge in [-0.25, -0.2) is 0 Å². The third-order valence-electron chi connectivity index (χ3n) is 4.88.